The molecule has 1 saturated heterocycles. The second kappa shape index (κ2) is 8.09. The number of benzene rings is 1. The summed E-state index contributed by atoms with van der Waals surface area (Å²) in [6.45, 7) is 10.5. The molecule has 0 aromatic heterocycles. The summed E-state index contributed by atoms with van der Waals surface area (Å²) < 4.78 is 0. The van der Waals surface area contributed by atoms with Crippen LogP contribution in [0.4, 0.5) is 0 Å². The summed E-state index contributed by atoms with van der Waals surface area (Å²) in [7, 11) is 0. The molecule has 0 spiro atoms. The van der Waals surface area contributed by atoms with E-state index < -0.39 is 0 Å². The van der Waals surface area contributed by atoms with Crippen molar-refractivity contribution in [2.24, 2.45) is 11.8 Å². The number of rotatable bonds is 7. The molecule has 1 atom stereocenters. The lowest BCUT2D eigenvalue weighted by atomic mass is 10.0. The average Bonchev–Trinajstić information content (AvgIpc) is 2.86. The monoisotopic (exact) mass is 291 g/mol. The van der Waals surface area contributed by atoms with Crippen LogP contribution in [-0.4, -0.2) is 29.5 Å². The summed E-state index contributed by atoms with van der Waals surface area (Å²) in [4.78, 5) is 2.62. The summed E-state index contributed by atoms with van der Waals surface area (Å²) in [5.74, 6) is 4.27. The summed E-state index contributed by atoms with van der Waals surface area (Å²) in [6.07, 6.45) is 2.58. The van der Waals surface area contributed by atoms with Crippen molar-refractivity contribution in [3.8, 4) is 0 Å². The molecule has 1 aromatic rings. The lowest BCUT2D eigenvalue weighted by Crippen LogP contribution is -2.20. The Morgan fingerprint density at radius 1 is 1.20 bits per heavy atom. The first kappa shape index (κ1) is 15.9. The molecular weight excluding hydrogens is 262 g/mol. The molecule has 0 bridgehead atoms. The Labute approximate surface area is 129 Å². The third kappa shape index (κ3) is 5.14. The average molecular weight is 292 g/mol. The van der Waals surface area contributed by atoms with Crippen molar-refractivity contribution in [3.05, 3.63) is 35.4 Å². The number of thioether (sulfide) groups is 1. The van der Waals surface area contributed by atoms with E-state index in [1.54, 1.807) is 0 Å². The molecular formula is C18H29NS. The topological polar surface area (TPSA) is 3.24 Å². The van der Waals surface area contributed by atoms with Crippen LogP contribution in [0.2, 0.25) is 0 Å². The summed E-state index contributed by atoms with van der Waals surface area (Å²) in [6, 6.07) is 9.28. The van der Waals surface area contributed by atoms with Crippen molar-refractivity contribution in [3.63, 3.8) is 0 Å². The van der Waals surface area contributed by atoms with Crippen LogP contribution in [0.1, 0.15) is 38.3 Å². The number of likely N-dealkylation sites (tertiary alicyclic amines) is 1. The standard InChI is InChI=1S/C18H29NS/c1-4-20-14-18-9-10-19(13-18)12-17-7-5-16(6-8-17)11-15(2)3/h5-8,15,18H,4,9-14H2,1-3H3. The molecule has 1 heterocycles. The smallest absolute Gasteiger partial charge is 0.0233 e. The number of hydrogen-bond acceptors (Lipinski definition) is 2. The largest absolute Gasteiger partial charge is 0.299 e. The van der Waals surface area contributed by atoms with Crippen molar-refractivity contribution in [1.82, 2.24) is 4.90 Å². The van der Waals surface area contributed by atoms with E-state index in [4.69, 9.17) is 0 Å². The van der Waals surface area contributed by atoms with E-state index in [0.717, 1.165) is 18.4 Å². The zero-order chi connectivity index (χ0) is 14.4. The molecule has 2 heteroatoms. The molecule has 1 unspecified atom stereocenters. The maximum atomic E-state index is 2.62. The molecule has 0 amide bonds. The first-order valence-corrected chi connectivity index (χ1v) is 9.20. The van der Waals surface area contributed by atoms with E-state index in [1.807, 2.05) is 0 Å². The number of hydrogen-bond donors (Lipinski definition) is 0. The predicted octanol–water partition coefficient (Wildman–Crippen LogP) is 4.46. The molecule has 1 aliphatic heterocycles. The Morgan fingerprint density at radius 2 is 1.90 bits per heavy atom. The Bertz CT molecular complexity index is 385. The van der Waals surface area contributed by atoms with Gasteiger partial charge in [-0.05, 0) is 53.9 Å². The Hall–Kier alpha value is -0.470. The quantitative estimate of drug-likeness (QED) is 0.729. The van der Waals surface area contributed by atoms with Crippen LogP contribution >= 0.6 is 11.8 Å². The van der Waals surface area contributed by atoms with Gasteiger partial charge in [0.25, 0.3) is 0 Å². The maximum absolute atomic E-state index is 2.62. The van der Waals surface area contributed by atoms with Crippen LogP contribution in [0.3, 0.4) is 0 Å². The molecule has 20 heavy (non-hydrogen) atoms. The van der Waals surface area contributed by atoms with Crippen molar-refractivity contribution in [2.75, 3.05) is 24.6 Å². The first-order chi connectivity index (χ1) is 9.67. The van der Waals surface area contributed by atoms with Crippen molar-refractivity contribution >= 4 is 11.8 Å². The van der Waals surface area contributed by atoms with Gasteiger partial charge in [-0.25, -0.2) is 0 Å². The van der Waals surface area contributed by atoms with Crippen molar-refractivity contribution < 1.29 is 0 Å². The van der Waals surface area contributed by atoms with Crippen molar-refractivity contribution in [2.45, 2.75) is 40.2 Å². The molecule has 112 valence electrons. The number of nitrogens with zero attached hydrogens (tertiary/aromatic N) is 1. The highest BCUT2D eigenvalue weighted by Gasteiger charge is 2.21. The molecule has 1 fully saturated rings. The van der Waals surface area contributed by atoms with Gasteiger partial charge >= 0.3 is 0 Å². The molecule has 2 rings (SSSR count). The van der Waals surface area contributed by atoms with Crippen molar-refractivity contribution in [1.29, 1.82) is 0 Å². The van der Waals surface area contributed by atoms with Gasteiger partial charge in [-0.2, -0.15) is 11.8 Å². The lowest BCUT2D eigenvalue weighted by Gasteiger charge is -2.16. The van der Waals surface area contributed by atoms with E-state index in [0.29, 0.717) is 0 Å². The van der Waals surface area contributed by atoms with Gasteiger partial charge in [0.2, 0.25) is 0 Å². The highest BCUT2D eigenvalue weighted by atomic mass is 32.2. The van der Waals surface area contributed by atoms with Crippen LogP contribution in [0.15, 0.2) is 24.3 Å². The summed E-state index contributed by atoms with van der Waals surface area (Å²) >= 11 is 2.09. The lowest BCUT2D eigenvalue weighted by molar-refractivity contribution is 0.321. The van der Waals surface area contributed by atoms with Crippen LogP contribution in [0.25, 0.3) is 0 Å². The molecule has 0 radical (unpaired) electrons. The van der Waals surface area contributed by atoms with Crippen LogP contribution in [0.5, 0.6) is 0 Å². The van der Waals surface area contributed by atoms with E-state index in [-0.39, 0.29) is 0 Å². The molecule has 1 nitrogen and oxygen atoms in total. The normalized spacial score (nSPS) is 19.9. The summed E-state index contributed by atoms with van der Waals surface area (Å²) in [5, 5.41) is 0. The second-order valence-electron chi connectivity index (χ2n) is 6.46. The molecule has 0 aliphatic carbocycles. The van der Waals surface area contributed by atoms with E-state index in [9.17, 15) is 0 Å². The maximum Gasteiger partial charge on any atom is 0.0233 e. The SMILES string of the molecule is CCSCC1CCN(Cc2ccc(CC(C)C)cc2)C1. The third-order valence-corrected chi connectivity index (χ3v) is 5.12. The van der Waals surface area contributed by atoms with Gasteiger partial charge in [0.15, 0.2) is 0 Å². The van der Waals surface area contributed by atoms with E-state index >= 15 is 0 Å². The molecule has 1 aromatic carbocycles. The van der Waals surface area contributed by atoms with E-state index in [1.165, 1.54) is 48.6 Å². The van der Waals surface area contributed by atoms with Crippen LogP contribution in [0, 0.1) is 11.8 Å². The fourth-order valence-corrected chi connectivity index (χ4v) is 3.83. The fourth-order valence-electron chi connectivity index (χ4n) is 2.99. The van der Waals surface area contributed by atoms with Gasteiger partial charge in [0.1, 0.15) is 0 Å². The fraction of sp³-hybridized carbons (Fsp3) is 0.667. The van der Waals surface area contributed by atoms with Gasteiger partial charge < -0.3 is 0 Å². The molecule has 1 aliphatic rings. The predicted molar refractivity (Wildman–Crippen MR) is 91.4 cm³/mol. The van der Waals surface area contributed by atoms with E-state index in [2.05, 4.69) is 61.7 Å². The minimum absolute atomic E-state index is 0.747. The van der Waals surface area contributed by atoms with Gasteiger partial charge in [-0.15, -0.1) is 0 Å². The van der Waals surface area contributed by atoms with Crippen LogP contribution in [-0.2, 0) is 13.0 Å². The minimum atomic E-state index is 0.747. The van der Waals surface area contributed by atoms with Gasteiger partial charge in [-0.1, -0.05) is 45.0 Å². The van der Waals surface area contributed by atoms with Gasteiger partial charge in [0.05, 0.1) is 0 Å². The Balaban J connectivity index is 1.79. The first-order valence-electron chi connectivity index (χ1n) is 8.05. The molecule has 0 N–H and O–H groups in total. The third-order valence-electron chi connectivity index (χ3n) is 4.00. The zero-order valence-electron chi connectivity index (χ0n) is 13.3. The second-order valence-corrected chi connectivity index (χ2v) is 7.78. The zero-order valence-corrected chi connectivity index (χ0v) is 14.1. The van der Waals surface area contributed by atoms with Gasteiger partial charge in [0, 0.05) is 13.1 Å². The van der Waals surface area contributed by atoms with Crippen LogP contribution < -0.4 is 0 Å². The van der Waals surface area contributed by atoms with Gasteiger partial charge in [-0.3, -0.25) is 4.90 Å². The summed E-state index contributed by atoms with van der Waals surface area (Å²) in [5.41, 5.74) is 2.95. The highest BCUT2D eigenvalue weighted by molar-refractivity contribution is 7.99. The highest BCUT2D eigenvalue weighted by Crippen LogP contribution is 2.22. The minimum Gasteiger partial charge on any atom is -0.299 e. The molecule has 0 saturated carbocycles. The Kier molecular flexibility index (Phi) is 6.44. The Morgan fingerprint density at radius 3 is 2.55 bits per heavy atom.